The molecule has 5 heteroatoms. The van der Waals surface area contributed by atoms with Gasteiger partial charge in [0.2, 0.25) is 0 Å². The van der Waals surface area contributed by atoms with E-state index in [0.29, 0.717) is 9.84 Å². The van der Waals surface area contributed by atoms with Gasteiger partial charge >= 0.3 is 0 Å². The molecule has 0 heterocycles. The molecule has 1 saturated carbocycles. The van der Waals surface area contributed by atoms with E-state index < -0.39 is 0 Å². The van der Waals surface area contributed by atoms with Gasteiger partial charge in [-0.1, -0.05) is 29.5 Å². The van der Waals surface area contributed by atoms with Crippen molar-refractivity contribution >= 4 is 69.0 Å². The van der Waals surface area contributed by atoms with E-state index >= 15 is 0 Å². The topological polar surface area (TPSA) is 0 Å². The summed E-state index contributed by atoms with van der Waals surface area (Å²) in [6.07, 6.45) is 0. The summed E-state index contributed by atoms with van der Waals surface area (Å²) in [5, 5.41) is -0.614. The molecule has 0 nitrogen and oxygen atoms in total. The van der Waals surface area contributed by atoms with Crippen molar-refractivity contribution in [2.75, 3.05) is 0 Å². The normalized spacial score (nSPS) is 55.5. The van der Waals surface area contributed by atoms with Crippen LogP contribution in [-0.2, 0) is 0 Å². The van der Waals surface area contributed by atoms with E-state index in [4.69, 9.17) is 46.4 Å². The zero-order chi connectivity index (χ0) is 9.46. The lowest BCUT2D eigenvalue weighted by molar-refractivity contribution is 0.432. The summed E-state index contributed by atoms with van der Waals surface area (Å²) in [7, 11) is 0. The second-order valence-electron chi connectivity index (χ2n) is 3.08. The Balaban J connectivity index is 2.76. The van der Waals surface area contributed by atoms with Crippen molar-refractivity contribution in [3.05, 3.63) is 0 Å². The number of halogens is 5. The van der Waals surface area contributed by atoms with Gasteiger partial charge < -0.3 is 0 Å². The van der Waals surface area contributed by atoms with Crippen molar-refractivity contribution in [1.82, 2.24) is 0 Å². The van der Waals surface area contributed by atoms with Crippen LogP contribution in [0.1, 0.15) is 6.92 Å². The Labute approximate surface area is 106 Å². The minimum Gasteiger partial charge on any atom is -0.121 e. The monoisotopic (exact) mass is 360 g/mol. The van der Waals surface area contributed by atoms with Gasteiger partial charge in [0.05, 0.1) is 21.5 Å². The standard InChI is InChI=1S/C7H9Cl4I/c1-2-3(8)4(9)5(10)6(11)7(2)12/h2-7H,1H3. The Kier molecular flexibility index (Phi) is 4.59. The lowest BCUT2D eigenvalue weighted by Gasteiger charge is -2.39. The van der Waals surface area contributed by atoms with Crippen LogP contribution < -0.4 is 0 Å². The average Bonchev–Trinajstić information content (AvgIpc) is 2.08. The van der Waals surface area contributed by atoms with Gasteiger partial charge in [0.15, 0.2) is 0 Å². The van der Waals surface area contributed by atoms with E-state index in [2.05, 4.69) is 29.5 Å². The summed E-state index contributed by atoms with van der Waals surface area (Å²) in [6.45, 7) is 2.06. The predicted molar refractivity (Wildman–Crippen MR) is 65.5 cm³/mol. The second-order valence-corrected chi connectivity index (χ2v) is 6.54. The van der Waals surface area contributed by atoms with E-state index in [1.807, 2.05) is 0 Å². The fourth-order valence-corrected chi connectivity index (χ4v) is 4.22. The van der Waals surface area contributed by atoms with Crippen molar-refractivity contribution in [3.8, 4) is 0 Å². The van der Waals surface area contributed by atoms with Crippen LogP contribution in [0, 0.1) is 5.92 Å². The second kappa shape index (κ2) is 4.61. The van der Waals surface area contributed by atoms with Crippen molar-refractivity contribution in [3.63, 3.8) is 0 Å². The molecule has 0 amide bonds. The summed E-state index contributed by atoms with van der Waals surface area (Å²) < 4.78 is 0.296. The maximum atomic E-state index is 6.09. The van der Waals surface area contributed by atoms with Crippen molar-refractivity contribution in [2.45, 2.75) is 32.4 Å². The van der Waals surface area contributed by atoms with Crippen LogP contribution >= 0.6 is 69.0 Å². The number of alkyl halides is 5. The zero-order valence-corrected chi connectivity index (χ0v) is 11.5. The van der Waals surface area contributed by atoms with Gasteiger partial charge in [-0.05, 0) is 5.92 Å². The highest BCUT2D eigenvalue weighted by Gasteiger charge is 2.45. The van der Waals surface area contributed by atoms with E-state index in [9.17, 15) is 0 Å². The molecule has 1 aliphatic rings. The maximum Gasteiger partial charge on any atom is 0.0688 e. The van der Waals surface area contributed by atoms with Crippen LogP contribution in [0.25, 0.3) is 0 Å². The van der Waals surface area contributed by atoms with Crippen LogP contribution in [0.15, 0.2) is 0 Å². The van der Waals surface area contributed by atoms with Gasteiger partial charge in [-0.2, -0.15) is 0 Å². The van der Waals surface area contributed by atoms with E-state index in [1.54, 1.807) is 0 Å². The highest BCUT2D eigenvalue weighted by molar-refractivity contribution is 14.1. The first-order valence-electron chi connectivity index (χ1n) is 3.67. The first-order valence-corrected chi connectivity index (χ1v) is 6.66. The number of hydrogen-bond acceptors (Lipinski definition) is 0. The van der Waals surface area contributed by atoms with Gasteiger partial charge in [-0.25, -0.2) is 0 Å². The number of rotatable bonds is 0. The van der Waals surface area contributed by atoms with Gasteiger partial charge in [-0.3, -0.25) is 0 Å². The van der Waals surface area contributed by atoms with E-state index in [0.717, 1.165) is 0 Å². The molecule has 1 aliphatic carbocycles. The van der Waals surface area contributed by atoms with Crippen LogP contribution in [0.2, 0.25) is 0 Å². The van der Waals surface area contributed by atoms with Crippen LogP contribution in [0.5, 0.6) is 0 Å². The average molecular weight is 362 g/mol. The summed E-state index contributed by atoms with van der Waals surface area (Å²) in [5.74, 6) is 0.312. The first kappa shape index (κ1) is 12.0. The molecular formula is C7H9Cl4I. The molecular weight excluding hydrogens is 353 g/mol. The lowest BCUT2D eigenvalue weighted by Crippen LogP contribution is -2.49. The molecule has 0 aromatic carbocycles. The number of hydrogen-bond donors (Lipinski definition) is 0. The molecule has 1 fully saturated rings. The predicted octanol–water partition coefficient (Wildman–Crippen LogP) is 3.87. The Bertz CT molecular complexity index is 107. The Morgan fingerprint density at radius 2 is 1.25 bits per heavy atom. The Morgan fingerprint density at radius 3 is 1.75 bits per heavy atom. The zero-order valence-electron chi connectivity index (χ0n) is 6.35. The largest absolute Gasteiger partial charge is 0.121 e. The van der Waals surface area contributed by atoms with E-state index in [1.165, 1.54) is 0 Å². The highest BCUT2D eigenvalue weighted by atomic mass is 127. The van der Waals surface area contributed by atoms with Crippen molar-refractivity contribution < 1.29 is 0 Å². The third kappa shape index (κ3) is 2.10. The molecule has 0 bridgehead atoms. The van der Waals surface area contributed by atoms with Crippen LogP contribution in [0.3, 0.4) is 0 Å². The molecule has 12 heavy (non-hydrogen) atoms. The fraction of sp³-hybridized carbons (Fsp3) is 1.00. The third-order valence-electron chi connectivity index (χ3n) is 2.22. The third-order valence-corrected chi connectivity index (χ3v) is 7.24. The van der Waals surface area contributed by atoms with Crippen molar-refractivity contribution in [1.29, 1.82) is 0 Å². The van der Waals surface area contributed by atoms with Gasteiger partial charge in [-0.15, -0.1) is 46.4 Å². The quantitative estimate of drug-likeness (QED) is 0.454. The molecule has 6 unspecified atom stereocenters. The minimum atomic E-state index is -0.228. The highest BCUT2D eigenvalue weighted by Crippen LogP contribution is 2.41. The molecule has 1 rings (SSSR count). The smallest absolute Gasteiger partial charge is 0.0688 e. The van der Waals surface area contributed by atoms with Crippen LogP contribution in [0.4, 0.5) is 0 Å². The lowest BCUT2D eigenvalue weighted by atomic mass is 9.89. The summed E-state index contributed by atoms with van der Waals surface area (Å²) in [6, 6.07) is 0. The van der Waals surface area contributed by atoms with Gasteiger partial charge in [0.25, 0.3) is 0 Å². The summed E-state index contributed by atoms with van der Waals surface area (Å²) in [5.41, 5.74) is 0. The Hall–Kier alpha value is 1.89. The molecule has 0 aromatic rings. The maximum absolute atomic E-state index is 6.09. The molecule has 0 N–H and O–H groups in total. The van der Waals surface area contributed by atoms with Crippen LogP contribution in [-0.4, -0.2) is 25.4 Å². The van der Waals surface area contributed by atoms with Gasteiger partial charge in [0, 0.05) is 3.92 Å². The van der Waals surface area contributed by atoms with Gasteiger partial charge in [0.1, 0.15) is 0 Å². The minimum absolute atomic E-state index is 0.0777. The molecule has 0 aliphatic heterocycles. The Morgan fingerprint density at radius 1 is 0.833 bits per heavy atom. The molecule has 0 radical (unpaired) electrons. The van der Waals surface area contributed by atoms with Crippen molar-refractivity contribution in [2.24, 2.45) is 5.92 Å². The summed E-state index contributed by atoms with van der Waals surface area (Å²) >= 11 is 26.5. The summed E-state index contributed by atoms with van der Waals surface area (Å²) in [4.78, 5) is 0. The fourth-order valence-electron chi connectivity index (χ4n) is 1.28. The molecule has 0 saturated heterocycles. The van der Waals surface area contributed by atoms with E-state index in [-0.39, 0.29) is 21.5 Å². The molecule has 0 spiro atoms. The molecule has 6 atom stereocenters. The molecule has 0 aromatic heterocycles. The first-order chi connectivity index (χ1) is 5.46. The molecule has 72 valence electrons. The SMILES string of the molecule is CC1C(Cl)C(Cl)C(Cl)C(Cl)C1I.